The standard InChI is InChI=1S/C16H24N2O3S.ClH/c1-3-16(19)14-5-4-6-15(11-14)22(20,21)18-9-7-13(8-10-18)12-17-2;/h4-6,11,13,17H,3,7-10,12H2,1-2H3;1H. The maximum absolute atomic E-state index is 12.7. The van der Waals surface area contributed by atoms with Crippen molar-refractivity contribution in [2.24, 2.45) is 5.92 Å². The van der Waals surface area contributed by atoms with Crippen LogP contribution in [0, 0.1) is 5.92 Å². The second-order valence-electron chi connectivity index (χ2n) is 5.71. The summed E-state index contributed by atoms with van der Waals surface area (Å²) in [5.41, 5.74) is 0.466. The Labute approximate surface area is 144 Å². The van der Waals surface area contributed by atoms with Gasteiger partial charge >= 0.3 is 0 Å². The summed E-state index contributed by atoms with van der Waals surface area (Å²) in [6.07, 6.45) is 2.11. The van der Waals surface area contributed by atoms with Crippen molar-refractivity contribution in [2.75, 3.05) is 26.7 Å². The number of halogens is 1. The summed E-state index contributed by atoms with van der Waals surface area (Å²) in [6.45, 7) is 3.78. The van der Waals surface area contributed by atoms with E-state index in [9.17, 15) is 13.2 Å². The van der Waals surface area contributed by atoms with Crippen LogP contribution in [-0.2, 0) is 10.0 Å². The maximum Gasteiger partial charge on any atom is 0.243 e. The van der Waals surface area contributed by atoms with Crippen molar-refractivity contribution in [3.05, 3.63) is 29.8 Å². The van der Waals surface area contributed by atoms with Crippen molar-refractivity contribution >= 4 is 28.2 Å². The van der Waals surface area contributed by atoms with E-state index in [1.807, 2.05) is 7.05 Å². The van der Waals surface area contributed by atoms with Gasteiger partial charge in [0.15, 0.2) is 5.78 Å². The van der Waals surface area contributed by atoms with Gasteiger partial charge in [-0.15, -0.1) is 12.4 Å². The van der Waals surface area contributed by atoms with Crippen molar-refractivity contribution in [1.82, 2.24) is 9.62 Å². The molecule has 0 saturated carbocycles. The fraction of sp³-hybridized carbons (Fsp3) is 0.562. The molecule has 0 aliphatic carbocycles. The predicted molar refractivity (Wildman–Crippen MR) is 93.7 cm³/mol. The van der Waals surface area contributed by atoms with Gasteiger partial charge in [-0.3, -0.25) is 4.79 Å². The highest BCUT2D eigenvalue weighted by molar-refractivity contribution is 7.89. The van der Waals surface area contributed by atoms with Crippen LogP contribution in [0.2, 0.25) is 0 Å². The van der Waals surface area contributed by atoms with Crippen LogP contribution in [0.5, 0.6) is 0 Å². The molecule has 23 heavy (non-hydrogen) atoms. The fourth-order valence-corrected chi connectivity index (χ4v) is 4.34. The van der Waals surface area contributed by atoms with E-state index in [1.165, 1.54) is 10.4 Å². The van der Waals surface area contributed by atoms with Gasteiger partial charge in [-0.25, -0.2) is 8.42 Å². The molecule has 7 heteroatoms. The highest BCUT2D eigenvalue weighted by Gasteiger charge is 2.29. The summed E-state index contributed by atoms with van der Waals surface area (Å²) in [5.74, 6) is 0.495. The third kappa shape index (κ3) is 4.76. The molecule has 1 aliphatic heterocycles. The van der Waals surface area contributed by atoms with Gasteiger partial charge in [0.1, 0.15) is 0 Å². The summed E-state index contributed by atoms with van der Waals surface area (Å²) in [6, 6.07) is 6.38. The molecule has 5 nitrogen and oxygen atoms in total. The third-order valence-electron chi connectivity index (χ3n) is 4.18. The van der Waals surface area contributed by atoms with Gasteiger partial charge in [0.05, 0.1) is 4.90 Å². The molecule has 1 aromatic rings. The fourth-order valence-electron chi connectivity index (χ4n) is 2.83. The van der Waals surface area contributed by atoms with Gasteiger partial charge in [-0.2, -0.15) is 4.31 Å². The average molecular weight is 361 g/mol. The number of nitrogens with one attached hydrogen (secondary N) is 1. The van der Waals surface area contributed by atoms with E-state index >= 15 is 0 Å². The summed E-state index contributed by atoms with van der Waals surface area (Å²) < 4.78 is 27.0. The number of nitrogens with zero attached hydrogens (tertiary/aromatic N) is 1. The van der Waals surface area contributed by atoms with Crippen molar-refractivity contribution in [3.63, 3.8) is 0 Å². The molecule has 1 fully saturated rings. The molecule has 0 amide bonds. The van der Waals surface area contributed by atoms with Crippen LogP contribution in [0.25, 0.3) is 0 Å². The van der Waals surface area contributed by atoms with Crippen molar-refractivity contribution in [2.45, 2.75) is 31.1 Å². The van der Waals surface area contributed by atoms with Crippen LogP contribution in [0.3, 0.4) is 0 Å². The molecular formula is C16H25ClN2O3S. The van der Waals surface area contributed by atoms with Gasteiger partial charge in [-0.05, 0) is 44.5 Å². The minimum absolute atomic E-state index is 0. The highest BCUT2D eigenvalue weighted by atomic mass is 35.5. The van der Waals surface area contributed by atoms with E-state index in [4.69, 9.17) is 0 Å². The normalized spacial score (nSPS) is 16.8. The number of benzene rings is 1. The molecule has 1 heterocycles. The lowest BCUT2D eigenvalue weighted by Crippen LogP contribution is -2.40. The molecule has 1 N–H and O–H groups in total. The number of carbonyl (C=O) groups excluding carboxylic acids is 1. The molecule has 0 radical (unpaired) electrons. The molecule has 0 bridgehead atoms. The van der Waals surface area contributed by atoms with E-state index < -0.39 is 10.0 Å². The number of carbonyl (C=O) groups is 1. The Morgan fingerprint density at radius 1 is 1.30 bits per heavy atom. The Bertz CT molecular complexity index is 626. The second-order valence-corrected chi connectivity index (χ2v) is 7.65. The number of Topliss-reactive ketones (excluding diaryl/α,β-unsaturated/α-hetero) is 1. The first-order valence-electron chi connectivity index (χ1n) is 7.77. The molecule has 0 spiro atoms. The van der Waals surface area contributed by atoms with E-state index in [0.717, 1.165) is 19.4 Å². The Balaban J connectivity index is 0.00000264. The van der Waals surface area contributed by atoms with E-state index in [2.05, 4.69) is 5.32 Å². The summed E-state index contributed by atoms with van der Waals surface area (Å²) in [7, 11) is -1.59. The lowest BCUT2D eigenvalue weighted by molar-refractivity contribution is 0.0988. The molecule has 0 atom stereocenters. The van der Waals surface area contributed by atoms with Crippen LogP contribution in [0.4, 0.5) is 0 Å². The van der Waals surface area contributed by atoms with Crippen LogP contribution in [0.1, 0.15) is 36.5 Å². The Morgan fingerprint density at radius 3 is 2.52 bits per heavy atom. The minimum atomic E-state index is -3.50. The quantitative estimate of drug-likeness (QED) is 0.790. The van der Waals surface area contributed by atoms with Gasteiger partial charge in [0.2, 0.25) is 10.0 Å². The zero-order valence-electron chi connectivity index (χ0n) is 13.6. The number of piperidine rings is 1. The summed E-state index contributed by atoms with van der Waals surface area (Å²) >= 11 is 0. The average Bonchev–Trinajstić information content (AvgIpc) is 2.55. The van der Waals surface area contributed by atoms with Crippen LogP contribution in [0.15, 0.2) is 29.2 Å². The number of sulfonamides is 1. The SMILES string of the molecule is CCC(=O)c1cccc(S(=O)(=O)N2CCC(CNC)CC2)c1.Cl. The van der Waals surface area contributed by atoms with Gasteiger partial charge < -0.3 is 5.32 Å². The minimum Gasteiger partial charge on any atom is -0.319 e. The number of rotatable bonds is 6. The molecule has 2 rings (SSSR count). The Kier molecular flexibility index (Phi) is 7.67. The Hall–Kier alpha value is -0.950. The smallest absolute Gasteiger partial charge is 0.243 e. The molecule has 0 aromatic heterocycles. The number of ketones is 1. The molecule has 130 valence electrons. The zero-order valence-corrected chi connectivity index (χ0v) is 15.3. The van der Waals surface area contributed by atoms with Crippen molar-refractivity contribution in [1.29, 1.82) is 0 Å². The lowest BCUT2D eigenvalue weighted by atomic mass is 9.98. The zero-order chi connectivity index (χ0) is 16.2. The predicted octanol–water partition coefficient (Wildman–Crippen LogP) is 2.32. The first-order chi connectivity index (χ1) is 10.5. The van der Waals surface area contributed by atoms with Crippen molar-refractivity contribution in [3.8, 4) is 0 Å². The monoisotopic (exact) mass is 360 g/mol. The first kappa shape index (κ1) is 20.1. The first-order valence-corrected chi connectivity index (χ1v) is 9.21. The van der Waals surface area contributed by atoms with Crippen LogP contribution < -0.4 is 5.32 Å². The van der Waals surface area contributed by atoms with Crippen LogP contribution in [-0.4, -0.2) is 45.2 Å². The maximum atomic E-state index is 12.7. The second kappa shape index (κ2) is 8.78. The third-order valence-corrected chi connectivity index (χ3v) is 6.08. The largest absolute Gasteiger partial charge is 0.319 e. The topological polar surface area (TPSA) is 66.5 Å². The van der Waals surface area contributed by atoms with E-state index in [0.29, 0.717) is 31.0 Å². The number of hydrogen-bond acceptors (Lipinski definition) is 4. The van der Waals surface area contributed by atoms with Crippen LogP contribution >= 0.6 is 12.4 Å². The van der Waals surface area contributed by atoms with E-state index in [1.54, 1.807) is 25.1 Å². The van der Waals surface area contributed by atoms with Gasteiger partial charge in [0, 0.05) is 25.1 Å². The Morgan fingerprint density at radius 2 is 1.96 bits per heavy atom. The summed E-state index contributed by atoms with van der Waals surface area (Å²) in [5, 5.41) is 3.14. The molecule has 1 aliphatic rings. The molecule has 0 unspecified atom stereocenters. The summed E-state index contributed by atoms with van der Waals surface area (Å²) in [4.78, 5) is 12.0. The molecule has 1 saturated heterocycles. The molecule has 1 aromatic carbocycles. The lowest BCUT2D eigenvalue weighted by Gasteiger charge is -2.31. The van der Waals surface area contributed by atoms with Gasteiger partial charge in [0.25, 0.3) is 0 Å². The highest BCUT2D eigenvalue weighted by Crippen LogP contribution is 2.24. The van der Waals surface area contributed by atoms with Crippen molar-refractivity contribution < 1.29 is 13.2 Å². The number of hydrogen-bond donors (Lipinski definition) is 1. The van der Waals surface area contributed by atoms with Gasteiger partial charge in [-0.1, -0.05) is 19.1 Å². The molecular weight excluding hydrogens is 336 g/mol. The van der Waals surface area contributed by atoms with E-state index in [-0.39, 0.29) is 23.1 Å².